The van der Waals surface area contributed by atoms with Gasteiger partial charge >= 0.3 is 13.8 Å². The van der Waals surface area contributed by atoms with Gasteiger partial charge in [-0.2, -0.15) is 0 Å². The minimum Gasteiger partial charge on any atom is -0.456 e. The lowest BCUT2D eigenvalue weighted by Crippen LogP contribution is -2.47. The van der Waals surface area contributed by atoms with Crippen LogP contribution in [0.15, 0.2) is 60.8 Å². The number of amides is 1. The number of nitrogens with one attached hydrogen (secondary N) is 1. The lowest BCUT2D eigenvalue weighted by atomic mass is 10.0. The number of likely N-dealkylation sites (N-methyl/N-ethyl adjacent to an activating group) is 1. The predicted molar refractivity (Wildman–Crippen MR) is 300 cm³/mol. The van der Waals surface area contributed by atoms with Gasteiger partial charge in [0.1, 0.15) is 19.3 Å². The molecule has 0 aliphatic carbocycles. The Balaban J connectivity index is 5.45. The van der Waals surface area contributed by atoms with Crippen molar-refractivity contribution in [2.24, 2.45) is 0 Å². The number of ether oxygens (including phenoxy) is 1. The number of nitrogens with zero attached hydrogens (tertiary/aromatic N) is 1. The van der Waals surface area contributed by atoms with E-state index in [1.807, 2.05) is 33.3 Å². The van der Waals surface area contributed by atoms with E-state index < -0.39 is 20.0 Å². The van der Waals surface area contributed by atoms with Crippen molar-refractivity contribution in [1.29, 1.82) is 0 Å². The summed E-state index contributed by atoms with van der Waals surface area (Å²) in [4.78, 5) is 37.6. The van der Waals surface area contributed by atoms with Gasteiger partial charge in [-0.1, -0.05) is 236 Å². The van der Waals surface area contributed by atoms with Crippen LogP contribution in [0.5, 0.6) is 0 Å². The minimum absolute atomic E-state index is 0.0300. The van der Waals surface area contributed by atoms with Crippen molar-refractivity contribution in [2.45, 2.75) is 270 Å². The Morgan fingerprint density at radius 3 is 1.36 bits per heavy atom. The molecular formula is C60H112N2O7P+. The summed E-state index contributed by atoms with van der Waals surface area (Å²) < 4.78 is 30.6. The van der Waals surface area contributed by atoms with Crippen LogP contribution in [0.25, 0.3) is 0 Å². The van der Waals surface area contributed by atoms with Crippen molar-refractivity contribution in [2.75, 3.05) is 40.9 Å². The van der Waals surface area contributed by atoms with Crippen LogP contribution in [0.3, 0.4) is 0 Å². The molecule has 3 unspecified atom stereocenters. The highest BCUT2D eigenvalue weighted by atomic mass is 31.2. The van der Waals surface area contributed by atoms with Crippen LogP contribution in [0.4, 0.5) is 0 Å². The van der Waals surface area contributed by atoms with E-state index in [4.69, 9.17) is 13.8 Å². The van der Waals surface area contributed by atoms with Gasteiger partial charge in [0.2, 0.25) is 5.91 Å². The largest absolute Gasteiger partial charge is 0.472 e. The fraction of sp³-hybridized carbons (Fsp3) is 0.800. The number of esters is 1. The third-order valence-electron chi connectivity index (χ3n) is 12.7. The van der Waals surface area contributed by atoms with Gasteiger partial charge < -0.3 is 19.4 Å². The summed E-state index contributed by atoms with van der Waals surface area (Å²) in [5, 5.41) is 3.02. The Labute approximate surface area is 432 Å². The number of hydrogen-bond donors (Lipinski definition) is 2. The van der Waals surface area contributed by atoms with Crippen molar-refractivity contribution in [1.82, 2.24) is 5.32 Å². The first-order valence-electron chi connectivity index (χ1n) is 29.1. The smallest absolute Gasteiger partial charge is 0.456 e. The average molecular weight is 1000 g/mol. The van der Waals surface area contributed by atoms with Gasteiger partial charge in [-0.05, 0) is 70.3 Å². The molecule has 0 bridgehead atoms. The van der Waals surface area contributed by atoms with E-state index in [9.17, 15) is 19.0 Å². The maximum atomic E-state index is 13.5. The number of quaternary nitrogens is 1. The Kier molecular flexibility index (Phi) is 48.6. The van der Waals surface area contributed by atoms with Crippen molar-refractivity contribution >= 4 is 19.7 Å². The third kappa shape index (κ3) is 50.6. The van der Waals surface area contributed by atoms with Crippen LogP contribution in [0, 0.1) is 0 Å². The molecule has 3 atom stereocenters. The number of unbranched alkanes of at least 4 members (excludes halogenated alkanes) is 28. The molecule has 9 nitrogen and oxygen atoms in total. The molecule has 0 aromatic carbocycles. The number of carbonyl (C=O) groups excluding carboxylic acids is 2. The first-order chi connectivity index (χ1) is 33.9. The molecule has 0 saturated carbocycles. The molecule has 0 aromatic heterocycles. The van der Waals surface area contributed by atoms with Crippen LogP contribution in [-0.2, 0) is 27.9 Å². The highest BCUT2D eigenvalue weighted by Gasteiger charge is 2.30. The van der Waals surface area contributed by atoms with Gasteiger partial charge in [0.15, 0.2) is 0 Å². The number of rotatable bonds is 52. The van der Waals surface area contributed by atoms with Crippen LogP contribution in [0.2, 0.25) is 0 Å². The molecule has 0 rings (SSSR count). The number of carbonyl (C=O) groups is 2. The summed E-state index contributed by atoms with van der Waals surface area (Å²) >= 11 is 0. The quantitative estimate of drug-likeness (QED) is 0.0205. The Bertz CT molecular complexity index is 1390. The maximum absolute atomic E-state index is 13.5. The first-order valence-corrected chi connectivity index (χ1v) is 30.6. The van der Waals surface area contributed by atoms with Gasteiger partial charge in [-0.25, -0.2) is 4.57 Å². The summed E-state index contributed by atoms with van der Waals surface area (Å²) in [6.07, 6.45) is 62.2. The van der Waals surface area contributed by atoms with Gasteiger partial charge in [0.25, 0.3) is 0 Å². The average Bonchev–Trinajstić information content (AvgIpc) is 3.32. The zero-order valence-corrected chi connectivity index (χ0v) is 47.4. The van der Waals surface area contributed by atoms with Gasteiger partial charge in [0, 0.05) is 12.8 Å². The zero-order valence-electron chi connectivity index (χ0n) is 46.5. The number of allylic oxidation sites excluding steroid dienone is 9. The summed E-state index contributed by atoms with van der Waals surface area (Å²) in [6.45, 7) is 6.95. The summed E-state index contributed by atoms with van der Waals surface area (Å²) in [5.41, 5.74) is 0. The Morgan fingerprint density at radius 1 is 0.500 bits per heavy atom. The summed E-state index contributed by atoms with van der Waals surface area (Å²) in [7, 11) is 1.46. The number of phosphoric ester groups is 1. The molecule has 0 spiro atoms. The maximum Gasteiger partial charge on any atom is 0.472 e. The standard InChI is InChI=1S/C60H111N2O7P/c1-7-10-13-16-19-22-25-28-30-31-32-34-37-40-43-46-49-52-59(63)61-57(56-68-70(65,66)67-55-54-62(4,5)6)58(51-48-45-42-39-36-33-27-24-21-18-15-12-9-3)69-60(64)53-50-47-44-41-38-35-29-26-23-20-17-14-11-8-2/h19,22,28,30,32,34,40,43,48,51,57-58H,7-18,20-21,23-27,29,31,33,35-39,41-42,44-47,49-50,52-56H2,1-6H3,(H-,61,63,65,66)/p+1/b22-19-,30-28-,34-32-,43-40-,51-48+. The second-order valence-electron chi connectivity index (χ2n) is 20.8. The molecule has 1 amide bonds. The van der Waals surface area contributed by atoms with E-state index in [-0.39, 0.29) is 37.9 Å². The lowest BCUT2D eigenvalue weighted by Gasteiger charge is -2.27. The van der Waals surface area contributed by atoms with E-state index >= 15 is 0 Å². The monoisotopic (exact) mass is 1000 g/mol. The molecule has 0 fully saturated rings. The topological polar surface area (TPSA) is 111 Å². The molecule has 0 aromatic rings. The molecule has 0 heterocycles. The van der Waals surface area contributed by atoms with E-state index in [0.29, 0.717) is 17.4 Å². The second-order valence-corrected chi connectivity index (χ2v) is 22.3. The van der Waals surface area contributed by atoms with Crippen LogP contribution in [-0.4, -0.2) is 74.3 Å². The molecular weight excluding hydrogens is 892 g/mol. The molecule has 10 heteroatoms. The highest BCUT2D eigenvalue weighted by molar-refractivity contribution is 7.47. The van der Waals surface area contributed by atoms with Crippen molar-refractivity contribution in [3.05, 3.63) is 60.8 Å². The highest BCUT2D eigenvalue weighted by Crippen LogP contribution is 2.43. The minimum atomic E-state index is -4.46. The fourth-order valence-electron chi connectivity index (χ4n) is 8.17. The van der Waals surface area contributed by atoms with Crippen molar-refractivity contribution < 1.29 is 37.3 Å². The third-order valence-corrected chi connectivity index (χ3v) is 13.7. The SMILES string of the molecule is CCCCC/C=C\C/C=C\C/C=C\C/C=C\CCCC(=O)NC(COP(=O)(O)OCC[N+](C)(C)C)C(/C=C/CCCCCCCCCCCCC)OC(=O)CCCCCCCCCCCCCCCC. The van der Waals surface area contributed by atoms with E-state index in [1.54, 1.807) is 0 Å². The molecule has 70 heavy (non-hydrogen) atoms. The molecule has 0 radical (unpaired) electrons. The Morgan fingerprint density at radius 2 is 0.886 bits per heavy atom. The van der Waals surface area contributed by atoms with Gasteiger partial charge in [-0.3, -0.25) is 18.6 Å². The number of phosphoric acid groups is 1. The van der Waals surface area contributed by atoms with Crippen molar-refractivity contribution in [3.63, 3.8) is 0 Å². The van der Waals surface area contributed by atoms with E-state index in [2.05, 4.69) is 74.7 Å². The van der Waals surface area contributed by atoms with Crippen molar-refractivity contribution in [3.8, 4) is 0 Å². The predicted octanol–water partition coefficient (Wildman–Crippen LogP) is 17.5. The lowest BCUT2D eigenvalue weighted by molar-refractivity contribution is -0.870. The number of hydrogen-bond acceptors (Lipinski definition) is 6. The molecule has 0 aliphatic heterocycles. The van der Waals surface area contributed by atoms with Gasteiger partial charge in [-0.15, -0.1) is 0 Å². The van der Waals surface area contributed by atoms with Crippen LogP contribution >= 0.6 is 7.82 Å². The summed E-state index contributed by atoms with van der Waals surface area (Å²) in [6, 6.07) is -0.875. The zero-order chi connectivity index (χ0) is 51.5. The van der Waals surface area contributed by atoms with Crippen LogP contribution < -0.4 is 5.32 Å². The Hall–Kier alpha value is -2.29. The molecule has 2 N–H and O–H groups in total. The van der Waals surface area contributed by atoms with Crippen LogP contribution in [0.1, 0.15) is 258 Å². The van der Waals surface area contributed by atoms with Gasteiger partial charge in [0.05, 0.1) is 33.8 Å². The molecule has 0 saturated heterocycles. The fourth-order valence-corrected chi connectivity index (χ4v) is 8.90. The second kappa shape index (κ2) is 50.3. The normalized spacial score (nSPS) is 14.2. The summed E-state index contributed by atoms with van der Waals surface area (Å²) in [5.74, 6) is -0.565. The van der Waals surface area contributed by atoms with E-state index in [0.717, 1.165) is 64.2 Å². The molecule has 0 aliphatic rings. The molecule has 408 valence electrons. The first kappa shape index (κ1) is 67.7. The van der Waals surface area contributed by atoms with E-state index in [1.165, 1.54) is 154 Å².